The van der Waals surface area contributed by atoms with Crippen LogP contribution in [0.4, 0.5) is 0 Å². The van der Waals surface area contributed by atoms with Crippen molar-refractivity contribution < 1.29 is 8.42 Å². The summed E-state index contributed by atoms with van der Waals surface area (Å²) in [4.78, 5) is 3.93. The quantitative estimate of drug-likeness (QED) is 0.856. The maximum atomic E-state index is 11.6. The molecule has 0 aliphatic carbocycles. The van der Waals surface area contributed by atoms with Gasteiger partial charge in [0.25, 0.3) is 10.0 Å². The number of sulfonamides is 1. The second-order valence-electron chi connectivity index (χ2n) is 3.50. The molecule has 0 unspecified atom stereocenters. The average Bonchev–Trinajstić information content (AvgIpc) is 2.49. The van der Waals surface area contributed by atoms with Gasteiger partial charge in [-0.25, -0.2) is 18.1 Å². The summed E-state index contributed by atoms with van der Waals surface area (Å²) in [6.45, 7) is 6.13. The van der Waals surface area contributed by atoms with Crippen LogP contribution in [-0.4, -0.2) is 19.9 Å². The molecule has 14 heavy (non-hydrogen) atoms. The molecule has 0 aromatic carbocycles. The van der Waals surface area contributed by atoms with E-state index in [9.17, 15) is 8.42 Å². The molecule has 0 saturated heterocycles. The lowest BCUT2D eigenvalue weighted by Crippen LogP contribution is -2.27. The number of nitrogens with zero attached hydrogens (tertiary/aromatic N) is 1. The average molecular weight is 234 g/mol. The lowest BCUT2D eigenvalue weighted by Gasteiger charge is -2.05. The van der Waals surface area contributed by atoms with Gasteiger partial charge in [0, 0.05) is 17.6 Å². The monoisotopic (exact) mass is 234 g/mol. The van der Waals surface area contributed by atoms with Gasteiger partial charge in [-0.2, -0.15) is 0 Å². The Morgan fingerprint density at radius 1 is 1.57 bits per heavy atom. The molecule has 1 rings (SSSR count). The van der Waals surface area contributed by atoms with Crippen molar-refractivity contribution in [2.45, 2.75) is 25.1 Å². The van der Waals surface area contributed by atoms with Gasteiger partial charge in [0.1, 0.15) is 0 Å². The van der Waals surface area contributed by atoms with Crippen LogP contribution >= 0.6 is 11.3 Å². The van der Waals surface area contributed by atoms with Gasteiger partial charge in [-0.3, -0.25) is 0 Å². The van der Waals surface area contributed by atoms with E-state index in [0.717, 1.165) is 17.0 Å². The molecular formula is C8H14N2O2S2. The predicted molar refractivity (Wildman–Crippen MR) is 56.9 cm³/mol. The zero-order valence-electron chi connectivity index (χ0n) is 8.44. The fraction of sp³-hybridized carbons (Fsp3) is 0.625. The fourth-order valence-electron chi connectivity index (χ4n) is 0.794. The molecule has 1 aromatic heterocycles. The van der Waals surface area contributed by atoms with Crippen LogP contribution in [0.15, 0.2) is 9.72 Å². The first-order valence-corrected chi connectivity index (χ1v) is 6.70. The molecule has 0 atom stereocenters. The summed E-state index contributed by atoms with van der Waals surface area (Å²) in [5, 5.41) is 1.73. The van der Waals surface area contributed by atoms with E-state index >= 15 is 0 Å². The summed E-state index contributed by atoms with van der Waals surface area (Å²) in [5.41, 5.74) is 0.736. The molecule has 1 aromatic rings. The van der Waals surface area contributed by atoms with Crippen LogP contribution in [0, 0.1) is 12.8 Å². The normalized spacial score (nSPS) is 12.3. The number of thiazole rings is 1. The summed E-state index contributed by atoms with van der Waals surface area (Å²) in [6, 6.07) is 0. The van der Waals surface area contributed by atoms with Crippen molar-refractivity contribution in [1.82, 2.24) is 9.71 Å². The fourth-order valence-corrected chi connectivity index (χ4v) is 3.08. The maximum absolute atomic E-state index is 11.6. The third kappa shape index (κ3) is 3.04. The molecule has 0 amide bonds. The molecule has 0 radical (unpaired) electrons. The van der Waals surface area contributed by atoms with E-state index in [-0.39, 0.29) is 4.34 Å². The van der Waals surface area contributed by atoms with Gasteiger partial charge in [-0.05, 0) is 12.8 Å². The SMILES string of the molecule is Cc1csc(S(=O)(=O)NCC(C)C)n1. The highest BCUT2D eigenvalue weighted by Gasteiger charge is 2.17. The largest absolute Gasteiger partial charge is 0.267 e. The second kappa shape index (κ2) is 4.37. The van der Waals surface area contributed by atoms with Gasteiger partial charge in [0.05, 0.1) is 0 Å². The van der Waals surface area contributed by atoms with Crippen LogP contribution < -0.4 is 4.72 Å². The molecule has 0 spiro atoms. The van der Waals surface area contributed by atoms with Gasteiger partial charge in [0.15, 0.2) is 0 Å². The standard InChI is InChI=1S/C8H14N2O2S2/c1-6(2)4-9-14(11,12)8-10-7(3)5-13-8/h5-6,9H,4H2,1-3H3. The van der Waals surface area contributed by atoms with Crippen LogP contribution in [-0.2, 0) is 10.0 Å². The first kappa shape index (κ1) is 11.6. The molecule has 1 N–H and O–H groups in total. The minimum Gasteiger partial charge on any atom is -0.229 e. The number of nitrogens with one attached hydrogen (secondary N) is 1. The van der Waals surface area contributed by atoms with Crippen LogP contribution in [0.2, 0.25) is 0 Å². The van der Waals surface area contributed by atoms with E-state index in [1.165, 1.54) is 0 Å². The van der Waals surface area contributed by atoms with Gasteiger partial charge in [0.2, 0.25) is 4.34 Å². The van der Waals surface area contributed by atoms with Crippen molar-refractivity contribution in [2.75, 3.05) is 6.54 Å². The van der Waals surface area contributed by atoms with E-state index < -0.39 is 10.0 Å². The van der Waals surface area contributed by atoms with E-state index in [1.54, 1.807) is 12.3 Å². The smallest absolute Gasteiger partial charge is 0.229 e. The Morgan fingerprint density at radius 3 is 2.64 bits per heavy atom. The Balaban J connectivity index is 2.76. The van der Waals surface area contributed by atoms with Gasteiger partial charge in [-0.1, -0.05) is 13.8 Å². The number of rotatable bonds is 4. The van der Waals surface area contributed by atoms with Crippen LogP contribution in [0.1, 0.15) is 19.5 Å². The van der Waals surface area contributed by atoms with Crippen molar-refractivity contribution in [1.29, 1.82) is 0 Å². The van der Waals surface area contributed by atoms with E-state index in [1.807, 2.05) is 13.8 Å². The molecule has 0 fully saturated rings. The number of hydrogen-bond acceptors (Lipinski definition) is 4. The van der Waals surface area contributed by atoms with Crippen LogP contribution in [0.25, 0.3) is 0 Å². The Bertz CT molecular complexity index is 395. The van der Waals surface area contributed by atoms with E-state index in [0.29, 0.717) is 12.5 Å². The summed E-state index contributed by atoms with van der Waals surface area (Å²) in [7, 11) is -3.38. The van der Waals surface area contributed by atoms with E-state index in [2.05, 4.69) is 9.71 Å². The number of aryl methyl sites for hydroxylation is 1. The molecule has 0 aliphatic rings. The minimum absolute atomic E-state index is 0.149. The first-order chi connectivity index (χ1) is 6.42. The highest BCUT2D eigenvalue weighted by atomic mass is 32.2. The predicted octanol–water partition coefficient (Wildman–Crippen LogP) is 1.39. The Kier molecular flexibility index (Phi) is 3.63. The highest BCUT2D eigenvalue weighted by Crippen LogP contribution is 2.14. The number of aromatic nitrogens is 1. The van der Waals surface area contributed by atoms with Gasteiger partial charge < -0.3 is 0 Å². The highest BCUT2D eigenvalue weighted by molar-refractivity contribution is 7.91. The molecule has 0 aliphatic heterocycles. The Morgan fingerprint density at radius 2 is 2.21 bits per heavy atom. The van der Waals surface area contributed by atoms with Crippen LogP contribution in [0.5, 0.6) is 0 Å². The number of hydrogen-bond donors (Lipinski definition) is 1. The minimum atomic E-state index is -3.38. The summed E-state index contributed by atoms with van der Waals surface area (Å²) in [5.74, 6) is 0.297. The third-order valence-corrected chi connectivity index (χ3v) is 4.31. The van der Waals surface area contributed by atoms with E-state index in [4.69, 9.17) is 0 Å². The lowest BCUT2D eigenvalue weighted by molar-refractivity contribution is 0.559. The first-order valence-electron chi connectivity index (χ1n) is 4.33. The second-order valence-corrected chi connectivity index (χ2v) is 6.30. The zero-order valence-corrected chi connectivity index (χ0v) is 10.1. The van der Waals surface area contributed by atoms with Crippen molar-refractivity contribution in [3.63, 3.8) is 0 Å². The summed E-state index contributed by atoms with van der Waals surface area (Å²) >= 11 is 1.15. The molecule has 1 heterocycles. The van der Waals surface area contributed by atoms with Crippen molar-refractivity contribution >= 4 is 21.4 Å². The summed E-state index contributed by atoms with van der Waals surface area (Å²) in [6.07, 6.45) is 0. The molecular weight excluding hydrogens is 220 g/mol. The maximum Gasteiger partial charge on any atom is 0.267 e. The Labute approximate surface area is 88.4 Å². The molecule has 6 heteroatoms. The zero-order chi connectivity index (χ0) is 10.8. The topological polar surface area (TPSA) is 59.1 Å². The van der Waals surface area contributed by atoms with Gasteiger partial charge in [-0.15, -0.1) is 11.3 Å². The van der Waals surface area contributed by atoms with Crippen molar-refractivity contribution in [3.8, 4) is 0 Å². The molecule has 0 bridgehead atoms. The Hall–Kier alpha value is -0.460. The van der Waals surface area contributed by atoms with Crippen molar-refractivity contribution in [3.05, 3.63) is 11.1 Å². The molecule has 4 nitrogen and oxygen atoms in total. The lowest BCUT2D eigenvalue weighted by atomic mass is 10.2. The molecule has 0 saturated carbocycles. The van der Waals surface area contributed by atoms with Gasteiger partial charge >= 0.3 is 0 Å². The third-order valence-electron chi connectivity index (χ3n) is 1.51. The summed E-state index contributed by atoms with van der Waals surface area (Å²) < 4.78 is 25.8. The van der Waals surface area contributed by atoms with Crippen LogP contribution in [0.3, 0.4) is 0 Å². The van der Waals surface area contributed by atoms with Crippen molar-refractivity contribution in [2.24, 2.45) is 5.92 Å². The molecule has 80 valence electrons.